The summed E-state index contributed by atoms with van der Waals surface area (Å²) in [5, 5.41) is 0.622. The largest absolute Gasteiger partial charge is 0.416 e. The molecule has 112 valence electrons. The van der Waals surface area contributed by atoms with Crippen LogP contribution in [0.1, 0.15) is 11.1 Å². The molecule has 1 aromatic carbocycles. The molecule has 0 bridgehead atoms. The fourth-order valence-corrected chi connectivity index (χ4v) is 3.13. The zero-order chi connectivity index (χ0) is 15.5. The van der Waals surface area contributed by atoms with Crippen molar-refractivity contribution in [2.45, 2.75) is 22.5 Å². The second-order valence-electron chi connectivity index (χ2n) is 4.25. The Morgan fingerprint density at radius 1 is 1.24 bits per heavy atom. The van der Waals surface area contributed by atoms with Crippen molar-refractivity contribution in [3.05, 3.63) is 52.1 Å². The molecule has 0 unspecified atom stereocenters. The highest BCUT2D eigenvalue weighted by Gasteiger charge is 2.33. The maximum absolute atomic E-state index is 13.1. The third-order valence-corrected chi connectivity index (χ3v) is 4.65. The summed E-state index contributed by atoms with van der Waals surface area (Å²) in [5.74, 6) is 0. The second-order valence-corrected chi connectivity index (χ2v) is 6.16. The molecule has 0 aliphatic heterocycles. The molecule has 0 aliphatic carbocycles. The summed E-state index contributed by atoms with van der Waals surface area (Å²) >= 11 is 4.51. The molecule has 2 nitrogen and oxygen atoms in total. The van der Waals surface area contributed by atoms with Crippen LogP contribution in [0.4, 0.5) is 13.2 Å². The lowest BCUT2D eigenvalue weighted by Gasteiger charge is -2.14. The van der Waals surface area contributed by atoms with E-state index in [1.165, 1.54) is 17.8 Å². The Bertz CT molecular complexity index is 632. The van der Waals surface area contributed by atoms with E-state index in [2.05, 4.69) is 20.9 Å². The van der Waals surface area contributed by atoms with Crippen LogP contribution in [0.2, 0.25) is 0 Å². The number of hydrogen-bond donors (Lipinski definition) is 1. The van der Waals surface area contributed by atoms with E-state index in [1.807, 2.05) is 0 Å². The van der Waals surface area contributed by atoms with Gasteiger partial charge in [-0.3, -0.25) is 0 Å². The molecule has 0 radical (unpaired) electrons. The lowest BCUT2D eigenvalue weighted by molar-refractivity contribution is -0.138. The summed E-state index contributed by atoms with van der Waals surface area (Å²) in [6.45, 7) is 0.182. The number of halogens is 4. The van der Waals surface area contributed by atoms with Crippen molar-refractivity contribution >= 4 is 27.7 Å². The number of aromatic nitrogens is 1. The number of rotatable bonds is 4. The Kier molecular flexibility index (Phi) is 5.29. The predicted molar refractivity (Wildman–Crippen MR) is 80.3 cm³/mol. The SMILES string of the molecule is NCCc1ccc(Sc2ncccc2Br)cc1C(F)(F)F. The first kappa shape index (κ1) is 16.3. The van der Waals surface area contributed by atoms with E-state index in [1.54, 1.807) is 24.4 Å². The minimum Gasteiger partial charge on any atom is -0.330 e. The van der Waals surface area contributed by atoms with Gasteiger partial charge in [0.1, 0.15) is 5.03 Å². The molecule has 2 rings (SSSR count). The van der Waals surface area contributed by atoms with Gasteiger partial charge < -0.3 is 5.73 Å². The molecule has 7 heteroatoms. The molecule has 21 heavy (non-hydrogen) atoms. The van der Waals surface area contributed by atoms with Crippen LogP contribution in [0.5, 0.6) is 0 Å². The summed E-state index contributed by atoms with van der Waals surface area (Å²) in [4.78, 5) is 4.63. The molecule has 0 saturated heterocycles. The van der Waals surface area contributed by atoms with Gasteiger partial charge in [0.15, 0.2) is 0 Å². The molecule has 0 saturated carbocycles. The van der Waals surface area contributed by atoms with Crippen LogP contribution in [0.3, 0.4) is 0 Å². The van der Waals surface area contributed by atoms with E-state index in [0.717, 1.165) is 10.5 Å². The van der Waals surface area contributed by atoms with Crippen LogP contribution < -0.4 is 5.73 Å². The molecular formula is C14H12BrF3N2S. The monoisotopic (exact) mass is 376 g/mol. The van der Waals surface area contributed by atoms with Gasteiger partial charge >= 0.3 is 6.18 Å². The maximum Gasteiger partial charge on any atom is 0.416 e. The minimum absolute atomic E-state index is 0.182. The van der Waals surface area contributed by atoms with Crippen LogP contribution in [-0.4, -0.2) is 11.5 Å². The molecule has 1 aromatic heterocycles. The van der Waals surface area contributed by atoms with Gasteiger partial charge in [0.2, 0.25) is 0 Å². The predicted octanol–water partition coefficient (Wildman–Crippen LogP) is 4.52. The second kappa shape index (κ2) is 6.81. The average Bonchev–Trinajstić information content (AvgIpc) is 2.42. The summed E-state index contributed by atoms with van der Waals surface area (Å²) in [7, 11) is 0. The van der Waals surface area contributed by atoms with E-state index in [0.29, 0.717) is 9.92 Å². The van der Waals surface area contributed by atoms with E-state index in [9.17, 15) is 13.2 Å². The van der Waals surface area contributed by atoms with Gasteiger partial charge in [-0.1, -0.05) is 17.8 Å². The van der Waals surface area contributed by atoms with Gasteiger partial charge in [-0.25, -0.2) is 4.98 Å². The third kappa shape index (κ3) is 4.21. The zero-order valence-electron chi connectivity index (χ0n) is 10.8. The fraction of sp³-hybridized carbons (Fsp3) is 0.214. The Balaban J connectivity index is 2.36. The van der Waals surface area contributed by atoms with Gasteiger partial charge in [-0.2, -0.15) is 13.2 Å². The smallest absolute Gasteiger partial charge is 0.330 e. The Morgan fingerprint density at radius 2 is 2.00 bits per heavy atom. The highest BCUT2D eigenvalue weighted by Crippen LogP contribution is 2.37. The molecule has 0 spiro atoms. The highest BCUT2D eigenvalue weighted by atomic mass is 79.9. The Labute approximate surface area is 133 Å². The molecule has 0 atom stereocenters. The molecule has 0 fully saturated rings. The van der Waals surface area contributed by atoms with Crippen molar-refractivity contribution in [3.8, 4) is 0 Å². The Hall–Kier alpha value is -1.05. The van der Waals surface area contributed by atoms with Crippen molar-refractivity contribution in [2.75, 3.05) is 6.54 Å². The van der Waals surface area contributed by atoms with Crippen molar-refractivity contribution in [2.24, 2.45) is 5.73 Å². The first-order chi connectivity index (χ1) is 9.91. The molecule has 2 aromatic rings. The van der Waals surface area contributed by atoms with Gasteiger partial charge in [0.05, 0.1) is 10.0 Å². The zero-order valence-corrected chi connectivity index (χ0v) is 13.2. The van der Waals surface area contributed by atoms with Crippen LogP contribution in [0.15, 0.2) is 50.9 Å². The number of pyridine rings is 1. The average molecular weight is 377 g/mol. The first-order valence-corrected chi connectivity index (χ1v) is 7.71. The Morgan fingerprint density at radius 3 is 2.62 bits per heavy atom. The van der Waals surface area contributed by atoms with Crippen LogP contribution >= 0.6 is 27.7 Å². The van der Waals surface area contributed by atoms with Crippen molar-refractivity contribution in [1.82, 2.24) is 4.98 Å². The van der Waals surface area contributed by atoms with Gasteiger partial charge in [0.25, 0.3) is 0 Å². The number of nitrogens with two attached hydrogens (primary N) is 1. The quantitative estimate of drug-likeness (QED) is 0.852. The molecule has 0 aliphatic rings. The highest BCUT2D eigenvalue weighted by molar-refractivity contribution is 9.10. The lowest BCUT2D eigenvalue weighted by Crippen LogP contribution is -2.12. The van der Waals surface area contributed by atoms with Gasteiger partial charge in [-0.05, 0) is 58.7 Å². The molecular weight excluding hydrogens is 365 g/mol. The molecule has 1 heterocycles. The number of nitrogens with zero attached hydrogens (tertiary/aromatic N) is 1. The molecule has 0 amide bonds. The normalized spacial score (nSPS) is 11.7. The van der Waals surface area contributed by atoms with Crippen molar-refractivity contribution < 1.29 is 13.2 Å². The lowest BCUT2D eigenvalue weighted by atomic mass is 10.0. The standard InChI is InChI=1S/C14H12BrF3N2S/c15-12-2-1-7-20-13(12)21-10-4-3-9(5-6-19)11(8-10)14(16,17)18/h1-4,7-8H,5-6,19H2. The topological polar surface area (TPSA) is 38.9 Å². The summed E-state index contributed by atoms with van der Waals surface area (Å²) in [5.41, 5.74) is 4.95. The van der Waals surface area contributed by atoms with E-state index in [4.69, 9.17) is 5.73 Å². The summed E-state index contributed by atoms with van der Waals surface area (Å²) < 4.78 is 40.0. The maximum atomic E-state index is 13.1. The van der Waals surface area contributed by atoms with Crippen molar-refractivity contribution in [1.29, 1.82) is 0 Å². The summed E-state index contributed by atoms with van der Waals surface area (Å²) in [6.07, 6.45) is -2.59. The summed E-state index contributed by atoms with van der Waals surface area (Å²) in [6, 6.07) is 7.83. The minimum atomic E-state index is -4.39. The van der Waals surface area contributed by atoms with Gasteiger partial charge in [0, 0.05) is 11.1 Å². The third-order valence-electron chi connectivity index (χ3n) is 2.74. The first-order valence-electron chi connectivity index (χ1n) is 6.10. The van der Waals surface area contributed by atoms with Crippen LogP contribution in [0.25, 0.3) is 0 Å². The molecule has 2 N–H and O–H groups in total. The van der Waals surface area contributed by atoms with Crippen LogP contribution in [-0.2, 0) is 12.6 Å². The van der Waals surface area contributed by atoms with E-state index in [-0.39, 0.29) is 18.5 Å². The van der Waals surface area contributed by atoms with E-state index >= 15 is 0 Å². The van der Waals surface area contributed by atoms with E-state index < -0.39 is 11.7 Å². The van der Waals surface area contributed by atoms with Crippen molar-refractivity contribution in [3.63, 3.8) is 0 Å². The number of hydrogen-bond acceptors (Lipinski definition) is 3. The fourth-order valence-electron chi connectivity index (χ4n) is 1.81. The number of benzene rings is 1. The van der Waals surface area contributed by atoms with Crippen LogP contribution in [0, 0.1) is 0 Å². The van der Waals surface area contributed by atoms with Gasteiger partial charge in [-0.15, -0.1) is 0 Å². The number of alkyl halides is 3.